The van der Waals surface area contributed by atoms with E-state index in [-0.39, 0.29) is 24.4 Å². The first-order valence-corrected chi connectivity index (χ1v) is 8.78. The number of nitrogens with one attached hydrogen (secondary N) is 1. The Kier molecular flexibility index (Phi) is 6.74. The van der Waals surface area contributed by atoms with Crippen molar-refractivity contribution < 1.29 is 9.53 Å². The Labute approximate surface area is 152 Å². The summed E-state index contributed by atoms with van der Waals surface area (Å²) in [5.74, 6) is -0.136. The molecule has 0 bridgehead atoms. The summed E-state index contributed by atoms with van der Waals surface area (Å²) in [4.78, 5) is 16.7. The van der Waals surface area contributed by atoms with Gasteiger partial charge in [0.2, 0.25) is 0 Å². The topological polar surface area (TPSA) is 77.2 Å². The molecule has 24 heavy (non-hydrogen) atoms. The first-order chi connectivity index (χ1) is 11.2. The fourth-order valence-corrected chi connectivity index (χ4v) is 3.36. The summed E-state index contributed by atoms with van der Waals surface area (Å²) in [6, 6.07) is 8.33. The van der Waals surface area contributed by atoms with Gasteiger partial charge in [-0.3, -0.25) is 10.1 Å². The average Bonchev–Trinajstić information content (AvgIpc) is 3.24. The number of halogens is 1. The Morgan fingerprint density at radius 1 is 1.38 bits per heavy atom. The number of aryl methyl sites for hydroxylation is 1. The molecule has 1 aromatic heterocycles. The summed E-state index contributed by atoms with van der Waals surface area (Å²) < 4.78 is 5.60. The van der Waals surface area contributed by atoms with E-state index < -0.39 is 6.10 Å². The number of nitrogens with zero attached hydrogens (tertiary/aromatic N) is 1. The molecule has 2 atom stereocenters. The number of benzene rings is 1. The molecule has 1 saturated heterocycles. The molecule has 1 fully saturated rings. The first kappa shape index (κ1) is 18.9. The van der Waals surface area contributed by atoms with Gasteiger partial charge >= 0.3 is 0 Å². The summed E-state index contributed by atoms with van der Waals surface area (Å²) in [7, 11) is 0. The van der Waals surface area contributed by atoms with E-state index in [4.69, 9.17) is 10.5 Å². The number of carbonyl (C=O) groups is 1. The molecule has 1 amide bonds. The van der Waals surface area contributed by atoms with Crippen LogP contribution in [0.1, 0.15) is 25.3 Å². The van der Waals surface area contributed by atoms with Crippen molar-refractivity contribution >= 4 is 34.8 Å². The smallest absolute Gasteiger partial charge is 0.255 e. The van der Waals surface area contributed by atoms with E-state index in [0.29, 0.717) is 18.1 Å². The highest BCUT2D eigenvalue weighted by Gasteiger charge is 2.30. The van der Waals surface area contributed by atoms with E-state index in [0.717, 1.165) is 24.1 Å². The van der Waals surface area contributed by atoms with Crippen LogP contribution in [0.4, 0.5) is 5.13 Å². The third-order valence-electron chi connectivity index (χ3n) is 4.06. The second-order valence-corrected chi connectivity index (χ2v) is 6.50. The lowest BCUT2D eigenvalue weighted by atomic mass is 10.1. The summed E-state index contributed by atoms with van der Waals surface area (Å²) >= 11 is 1.42. The molecule has 1 aliphatic rings. The number of aromatic nitrogens is 1. The maximum Gasteiger partial charge on any atom is 0.255 e. The van der Waals surface area contributed by atoms with E-state index in [9.17, 15) is 4.79 Å². The Bertz CT molecular complexity index is 675. The van der Waals surface area contributed by atoms with Crippen molar-refractivity contribution in [2.75, 3.05) is 11.9 Å². The molecule has 0 saturated carbocycles. The highest BCUT2D eigenvalue weighted by Crippen LogP contribution is 2.26. The van der Waals surface area contributed by atoms with Crippen molar-refractivity contribution in [3.05, 3.63) is 35.2 Å². The second kappa shape index (κ2) is 8.58. The van der Waals surface area contributed by atoms with Gasteiger partial charge in [0.05, 0.1) is 11.8 Å². The SMILES string of the molecule is CCc1ccc(-c2csc(NC(=O)[C@@H]3CC[C@H](CN)O3)n2)cc1.Cl. The number of ether oxygens (including phenoxy) is 1. The Morgan fingerprint density at radius 3 is 2.75 bits per heavy atom. The van der Waals surface area contributed by atoms with Gasteiger partial charge in [-0.2, -0.15) is 0 Å². The highest BCUT2D eigenvalue weighted by atomic mass is 35.5. The van der Waals surface area contributed by atoms with Gasteiger partial charge in [-0.05, 0) is 24.8 Å². The molecular weight excluding hydrogens is 346 g/mol. The molecule has 1 aromatic carbocycles. The molecule has 5 nitrogen and oxygen atoms in total. The minimum atomic E-state index is -0.417. The van der Waals surface area contributed by atoms with Crippen molar-refractivity contribution in [3.63, 3.8) is 0 Å². The minimum absolute atomic E-state index is 0. The van der Waals surface area contributed by atoms with Crippen molar-refractivity contribution in [2.45, 2.75) is 38.4 Å². The van der Waals surface area contributed by atoms with Crippen LogP contribution in [0.25, 0.3) is 11.3 Å². The van der Waals surface area contributed by atoms with Crippen LogP contribution in [0.5, 0.6) is 0 Å². The van der Waals surface area contributed by atoms with Gasteiger partial charge < -0.3 is 10.5 Å². The van der Waals surface area contributed by atoms with E-state index >= 15 is 0 Å². The number of hydrogen-bond donors (Lipinski definition) is 2. The van der Waals surface area contributed by atoms with E-state index in [1.165, 1.54) is 16.9 Å². The Morgan fingerprint density at radius 2 is 2.12 bits per heavy atom. The molecule has 2 heterocycles. The van der Waals surface area contributed by atoms with Crippen LogP contribution in [-0.2, 0) is 16.0 Å². The average molecular weight is 368 g/mol. The zero-order valence-corrected chi connectivity index (χ0v) is 15.2. The number of thiazole rings is 1. The van der Waals surface area contributed by atoms with Gasteiger partial charge in [-0.25, -0.2) is 4.98 Å². The van der Waals surface area contributed by atoms with Crippen LogP contribution in [0.3, 0.4) is 0 Å². The lowest BCUT2D eigenvalue weighted by molar-refractivity contribution is -0.126. The molecule has 0 unspecified atom stereocenters. The standard InChI is InChI=1S/C17H21N3O2S.ClH/c1-2-11-3-5-12(6-4-11)14-10-23-17(19-14)20-16(21)15-8-7-13(9-18)22-15;/h3-6,10,13,15H,2,7-9,18H2,1H3,(H,19,20,21);1H/t13-,15+;/m1./s1. The van der Waals surface area contributed by atoms with E-state index in [2.05, 4.69) is 41.5 Å². The van der Waals surface area contributed by atoms with Crippen LogP contribution in [0.2, 0.25) is 0 Å². The molecule has 130 valence electrons. The van der Waals surface area contributed by atoms with Crippen LogP contribution in [-0.4, -0.2) is 29.6 Å². The van der Waals surface area contributed by atoms with Crippen molar-refractivity contribution in [2.24, 2.45) is 5.73 Å². The number of hydrogen-bond acceptors (Lipinski definition) is 5. The molecule has 0 radical (unpaired) electrons. The second-order valence-electron chi connectivity index (χ2n) is 5.64. The molecule has 3 N–H and O–H groups in total. The van der Waals surface area contributed by atoms with E-state index in [1.54, 1.807) is 0 Å². The monoisotopic (exact) mass is 367 g/mol. The first-order valence-electron chi connectivity index (χ1n) is 7.90. The van der Waals surface area contributed by atoms with Crippen LogP contribution in [0.15, 0.2) is 29.6 Å². The third kappa shape index (κ3) is 4.33. The van der Waals surface area contributed by atoms with Crippen LogP contribution < -0.4 is 11.1 Å². The molecule has 0 spiro atoms. The molecular formula is C17H22ClN3O2S. The molecule has 2 aromatic rings. The largest absolute Gasteiger partial charge is 0.364 e. The predicted octanol–water partition coefficient (Wildman–Crippen LogP) is 3.24. The van der Waals surface area contributed by atoms with E-state index in [1.807, 2.05) is 5.38 Å². The fourth-order valence-electron chi connectivity index (χ4n) is 2.63. The van der Waals surface area contributed by atoms with Crippen molar-refractivity contribution in [1.29, 1.82) is 0 Å². The minimum Gasteiger partial charge on any atom is -0.364 e. The van der Waals surface area contributed by atoms with Crippen molar-refractivity contribution in [3.8, 4) is 11.3 Å². The van der Waals surface area contributed by atoms with Gasteiger partial charge in [0.1, 0.15) is 6.10 Å². The third-order valence-corrected chi connectivity index (χ3v) is 4.81. The van der Waals surface area contributed by atoms with Gasteiger partial charge in [0.15, 0.2) is 5.13 Å². The summed E-state index contributed by atoms with van der Waals surface area (Å²) in [5.41, 5.74) is 8.80. The molecule has 7 heteroatoms. The lowest BCUT2D eigenvalue weighted by Gasteiger charge is -2.11. The van der Waals surface area contributed by atoms with Crippen LogP contribution in [0, 0.1) is 0 Å². The lowest BCUT2D eigenvalue weighted by Crippen LogP contribution is -2.29. The molecule has 0 aliphatic carbocycles. The van der Waals surface area contributed by atoms with Gasteiger partial charge in [-0.15, -0.1) is 23.7 Å². The van der Waals surface area contributed by atoms with Crippen LogP contribution >= 0.6 is 23.7 Å². The number of anilines is 1. The Balaban J connectivity index is 0.00000208. The maximum atomic E-state index is 12.2. The zero-order valence-electron chi connectivity index (χ0n) is 13.5. The maximum absolute atomic E-state index is 12.2. The fraction of sp³-hybridized carbons (Fsp3) is 0.412. The normalized spacial score (nSPS) is 19.8. The molecule has 3 rings (SSSR count). The molecule has 1 aliphatic heterocycles. The number of amides is 1. The van der Waals surface area contributed by atoms with Gasteiger partial charge in [-0.1, -0.05) is 31.2 Å². The summed E-state index contributed by atoms with van der Waals surface area (Å²) in [6.07, 6.45) is 2.14. The zero-order chi connectivity index (χ0) is 16.2. The highest BCUT2D eigenvalue weighted by molar-refractivity contribution is 7.14. The summed E-state index contributed by atoms with van der Waals surface area (Å²) in [6.45, 7) is 2.59. The number of rotatable bonds is 5. The summed E-state index contributed by atoms with van der Waals surface area (Å²) in [5, 5.41) is 5.40. The predicted molar refractivity (Wildman–Crippen MR) is 99.8 cm³/mol. The Hall–Kier alpha value is -1.47. The van der Waals surface area contributed by atoms with Crippen molar-refractivity contribution in [1.82, 2.24) is 4.98 Å². The number of nitrogens with two attached hydrogens (primary N) is 1. The van der Waals surface area contributed by atoms with Gasteiger partial charge in [0.25, 0.3) is 5.91 Å². The van der Waals surface area contributed by atoms with Gasteiger partial charge in [0, 0.05) is 17.5 Å². The number of carbonyl (C=O) groups excluding carboxylic acids is 1. The quantitative estimate of drug-likeness (QED) is 0.850.